The van der Waals surface area contributed by atoms with E-state index in [1.165, 1.54) is 6.92 Å². The first-order valence-electron chi connectivity index (χ1n) is 11.2. The molecule has 0 unspecified atom stereocenters. The van der Waals surface area contributed by atoms with Gasteiger partial charge >= 0.3 is 11.9 Å². The third-order valence-corrected chi connectivity index (χ3v) is 5.69. The number of Topliss-reactive ketones (excluding diaryl/α,β-unsaturated/α-hetero) is 1. The molecular formula is C25H37NO6. The van der Waals surface area contributed by atoms with Gasteiger partial charge in [-0.15, -0.1) is 0 Å². The maximum Gasteiger partial charge on any atom is 0.317 e. The smallest absolute Gasteiger partial charge is 0.317 e. The lowest BCUT2D eigenvalue weighted by molar-refractivity contribution is -0.173. The van der Waals surface area contributed by atoms with Crippen LogP contribution in [0.2, 0.25) is 0 Å². The summed E-state index contributed by atoms with van der Waals surface area (Å²) in [6.45, 7) is 9.47. The summed E-state index contributed by atoms with van der Waals surface area (Å²) >= 11 is 0. The average molecular weight is 448 g/mol. The number of ketones is 1. The van der Waals surface area contributed by atoms with E-state index in [0.29, 0.717) is 5.56 Å². The van der Waals surface area contributed by atoms with Crippen LogP contribution in [0.4, 0.5) is 5.69 Å². The number of esters is 2. The lowest BCUT2D eigenvalue weighted by atomic mass is 9.61. The van der Waals surface area contributed by atoms with E-state index in [1.807, 2.05) is 58.8 Å². The van der Waals surface area contributed by atoms with Crippen molar-refractivity contribution in [3.05, 3.63) is 29.8 Å². The van der Waals surface area contributed by atoms with E-state index in [1.54, 1.807) is 12.1 Å². The van der Waals surface area contributed by atoms with Gasteiger partial charge in [0.2, 0.25) is 0 Å². The van der Waals surface area contributed by atoms with Crippen molar-refractivity contribution in [1.82, 2.24) is 0 Å². The number of hydrogen-bond acceptors (Lipinski definition) is 7. The van der Waals surface area contributed by atoms with E-state index in [2.05, 4.69) is 0 Å². The molecule has 0 amide bonds. The van der Waals surface area contributed by atoms with Gasteiger partial charge in [-0.05, 0) is 36.5 Å². The maximum atomic E-state index is 13.2. The van der Waals surface area contributed by atoms with Crippen molar-refractivity contribution in [3.63, 3.8) is 0 Å². The Hall–Kier alpha value is -2.41. The molecule has 1 N–H and O–H groups in total. The molecule has 0 radical (unpaired) electrons. The van der Waals surface area contributed by atoms with Gasteiger partial charge in [-0.25, -0.2) is 0 Å². The normalized spacial score (nSPS) is 25.7. The molecule has 0 aromatic heterocycles. The molecular weight excluding hydrogens is 410 g/mol. The van der Waals surface area contributed by atoms with Crippen molar-refractivity contribution in [2.45, 2.75) is 52.6 Å². The minimum Gasteiger partial charge on any atom is -0.465 e. The fourth-order valence-electron chi connectivity index (χ4n) is 4.09. The number of anilines is 1. The molecule has 0 saturated heterocycles. The predicted molar refractivity (Wildman–Crippen MR) is 122 cm³/mol. The molecule has 32 heavy (non-hydrogen) atoms. The molecule has 0 spiro atoms. The Morgan fingerprint density at radius 3 is 2.00 bits per heavy atom. The third kappa shape index (κ3) is 6.09. The minimum atomic E-state index is -1.65. The molecule has 178 valence electrons. The Morgan fingerprint density at radius 1 is 1.03 bits per heavy atom. The predicted octanol–water partition coefficient (Wildman–Crippen LogP) is 3.19. The molecule has 1 aromatic rings. The highest BCUT2D eigenvalue weighted by atomic mass is 16.5. The van der Waals surface area contributed by atoms with Crippen LogP contribution in [-0.2, 0) is 23.9 Å². The zero-order valence-electron chi connectivity index (χ0n) is 20.3. The highest BCUT2D eigenvalue weighted by Gasteiger charge is 2.57. The third-order valence-electron chi connectivity index (χ3n) is 5.69. The first-order chi connectivity index (χ1) is 14.8. The summed E-state index contributed by atoms with van der Waals surface area (Å²) in [7, 11) is 3.81. The first-order valence-corrected chi connectivity index (χ1v) is 11.2. The van der Waals surface area contributed by atoms with E-state index < -0.39 is 41.1 Å². The average Bonchev–Trinajstić information content (AvgIpc) is 2.69. The Morgan fingerprint density at radius 2 is 1.53 bits per heavy atom. The van der Waals surface area contributed by atoms with Gasteiger partial charge in [0.15, 0.2) is 5.78 Å². The van der Waals surface area contributed by atoms with Crippen molar-refractivity contribution in [2.75, 3.05) is 32.2 Å². The van der Waals surface area contributed by atoms with Crippen LogP contribution in [0.1, 0.15) is 52.5 Å². The van der Waals surface area contributed by atoms with E-state index >= 15 is 0 Å². The zero-order valence-corrected chi connectivity index (χ0v) is 20.3. The maximum absolute atomic E-state index is 13.2. The summed E-state index contributed by atoms with van der Waals surface area (Å²) in [6.07, 6.45) is -0.317. The number of ether oxygens (including phenoxy) is 2. The van der Waals surface area contributed by atoms with Crippen LogP contribution < -0.4 is 4.90 Å². The van der Waals surface area contributed by atoms with Gasteiger partial charge in [-0.1, -0.05) is 39.8 Å². The lowest BCUT2D eigenvalue weighted by Crippen LogP contribution is -2.55. The summed E-state index contributed by atoms with van der Waals surface area (Å²) in [5.41, 5.74) is -0.104. The molecule has 7 heteroatoms. The van der Waals surface area contributed by atoms with E-state index in [9.17, 15) is 19.5 Å². The summed E-state index contributed by atoms with van der Waals surface area (Å²) in [6, 6.07) is 7.30. The van der Waals surface area contributed by atoms with Crippen LogP contribution >= 0.6 is 0 Å². The first kappa shape index (κ1) is 25.8. The highest BCUT2D eigenvalue weighted by molar-refractivity contribution is 6.02. The van der Waals surface area contributed by atoms with Crippen LogP contribution in [0, 0.1) is 23.7 Å². The summed E-state index contributed by atoms with van der Waals surface area (Å²) < 4.78 is 10.9. The molecule has 1 aliphatic carbocycles. The van der Waals surface area contributed by atoms with Gasteiger partial charge in [0.25, 0.3) is 0 Å². The number of aliphatic hydroxyl groups is 1. The number of benzene rings is 1. The largest absolute Gasteiger partial charge is 0.465 e. The zero-order chi connectivity index (χ0) is 24.2. The van der Waals surface area contributed by atoms with Crippen LogP contribution in [0.25, 0.3) is 0 Å². The SMILES string of the molecule is CC(C)COC(=O)[C@H]1C(=O)C[C@@](C)(O)[C@H](C(=O)OCC(C)C)[C@@H]1c1ccc(N(C)C)cc1. The molecule has 1 fully saturated rings. The second-order valence-electron chi connectivity index (χ2n) is 10.0. The molecule has 7 nitrogen and oxygen atoms in total. The standard InChI is InChI=1S/C25H37NO6/c1-15(2)13-31-23(28)21-19(27)12-25(5,30)22(24(29)32-14-16(3)4)20(21)17-8-10-18(11-9-17)26(6)7/h8-11,15-16,20-22,30H,12-14H2,1-7H3/t20-,21+,22+,25-/m1/s1. The molecule has 1 saturated carbocycles. The fraction of sp³-hybridized carbons (Fsp3) is 0.640. The van der Waals surface area contributed by atoms with Crippen LogP contribution in [0.15, 0.2) is 24.3 Å². The number of nitrogens with zero attached hydrogens (tertiary/aromatic N) is 1. The van der Waals surface area contributed by atoms with E-state index in [4.69, 9.17) is 9.47 Å². The fourth-order valence-corrected chi connectivity index (χ4v) is 4.09. The van der Waals surface area contributed by atoms with Crippen LogP contribution in [0.3, 0.4) is 0 Å². The Kier molecular flexibility index (Phi) is 8.46. The number of hydrogen-bond donors (Lipinski definition) is 1. The molecule has 2 rings (SSSR count). The van der Waals surface area contributed by atoms with Gasteiger partial charge in [-0.3, -0.25) is 14.4 Å². The Bertz CT molecular complexity index is 812. The number of carbonyl (C=O) groups excluding carboxylic acids is 3. The van der Waals surface area contributed by atoms with Crippen LogP contribution in [-0.4, -0.2) is 55.7 Å². The molecule has 1 aliphatic rings. The van der Waals surface area contributed by atoms with Crippen molar-refractivity contribution < 1.29 is 29.0 Å². The van der Waals surface area contributed by atoms with Gasteiger partial charge in [-0.2, -0.15) is 0 Å². The van der Waals surface area contributed by atoms with E-state index in [-0.39, 0.29) is 31.5 Å². The molecule has 0 bridgehead atoms. The summed E-state index contributed by atoms with van der Waals surface area (Å²) in [5, 5.41) is 11.2. The number of carbonyl (C=O) groups is 3. The quantitative estimate of drug-likeness (QED) is 0.483. The Balaban J connectivity index is 2.54. The van der Waals surface area contributed by atoms with Crippen molar-refractivity contribution in [2.24, 2.45) is 23.7 Å². The molecule has 4 atom stereocenters. The van der Waals surface area contributed by atoms with Crippen molar-refractivity contribution in [3.8, 4) is 0 Å². The minimum absolute atomic E-state index is 0.102. The van der Waals surface area contributed by atoms with Gasteiger partial charge in [0.05, 0.1) is 24.7 Å². The van der Waals surface area contributed by atoms with Gasteiger partial charge in [0.1, 0.15) is 5.92 Å². The molecule has 0 aliphatic heterocycles. The highest BCUT2D eigenvalue weighted by Crippen LogP contribution is 2.47. The summed E-state index contributed by atoms with van der Waals surface area (Å²) in [4.78, 5) is 41.2. The van der Waals surface area contributed by atoms with Crippen molar-refractivity contribution >= 4 is 23.4 Å². The van der Waals surface area contributed by atoms with Crippen molar-refractivity contribution in [1.29, 1.82) is 0 Å². The second-order valence-corrected chi connectivity index (χ2v) is 10.0. The lowest BCUT2D eigenvalue weighted by Gasteiger charge is -2.43. The topological polar surface area (TPSA) is 93.1 Å². The van der Waals surface area contributed by atoms with Gasteiger partial charge < -0.3 is 19.5 Å². The molecule has 0 heterocycles. The Labute approximate surface area is 191 Å². The summed E-state index contributed by atoms with van der Waals surface area (Å²) in [5.74, 6) is -4.65. The van der Waals surface area contributed by atoms with E-state index in [0.717, 1.165) is 5.69 Å². The van der Waals surface area contributed by atoms with Crippen LogP contribution in [0.5, 0.6) is 0 Å². The number of rotatable bonds is 8. The van der Waals surface area contributed by atoms with Gasteiger partial charge in [0, 0.05) is 32.1 Å². The monoisotopic (exact) mass is 447 g/mol. The molecule has 1 aromatic carbocycles. The second kappa shape index (κ2) is 10.5.